The maximum Gasteiger partial charge on any atom is 0.416 e. The highest BCUT2D eigenvalue weighted by Crippen LogP contribution is 2.32. The molecule has 13 heteroatoms. The number of halogens is 3. The second kappa shape index (κ2) is 12.0. The van der Waals surface area contributed by atoms with E-state index < -0.39 is 33.8 Å². The number of hydrogen-bond acceptors (Lipinski definition) is 7. The van der Waals surface area contributed by atoms with E-state index in [2.05, 4.69) is 9.97 Å². The largest absolute Gasteiger partial charge is 0.465 e. The predicted molar refractivity (Wildman–Crippen MR) is 142 cm³/mol. The smallest absolute Gasteiger partial charge is 0.416 e. The number of sulfonamides is 1. The van der Waals surface area contributed by atoms with Gasteiger partial charge in [-0.05, 0) is 68.7 Å². The molecule has 0 bridgehead atoms. The number of piperidine rings is 1. The van der Waals surface area contributed by atoms with E-state index in [4.69, 9.17) is 4.74 Å². The molecule has 218 valence electrons. The summed E-state index contributed by atoms with van der Waals surface area (Å²) in [4.78, 5) is 34.8. The number of alkyl halides is 3. The first-order valence-electron chi connectivity index (χ1n) is 12.8. The molecule has 1 unspecified atom stereocenters. The van der Waals surface area contributed by atoms with Crippen molar-refractivity contribution in [2.75, 3.05) is 20.2 Å². The SMILES string of the molecule is COC(=O)c1ccc(CN(C2CCCN(C(=O)c3c(C)ncnc3C)C2)S(=O)(=O)c2ccc(C(F)(F)F)cc2)cc1. The zero-order valence-electron chi connectivity index (χ0n) is 22.7. The molecule has 1 fully saturated rings. The highest BCUT2D eigenvalue weighted by Gasteiger charge is 2.37. The highest BCUT2D eigenvalue weighted by atomic mass is 32.2. The van der Waals surface area contributed by atoms with Crippen molar-refractivity contribution in [2.45, 2.75) is 50.3 Å². The monoisotopic (exact) mass is 590 g/mol. The van der Waals surface area contributed by atoms with E-state index in [0.717, 1.165) is 24.3 Å². The zero-order valence-corrected chi connectivity index (χ0v) is 23.5. The van der Waals surface area contributed by atoms with Crippen LogP contribution >= 0.6 is 0 Å². The van der Waals surface area contributed by atoms with Crippen LogP contribution in [0, 0.1) is 13.8 Å². The summed E-state index contributed by atoms with van der Waals surface area (Å²) in [6.45, 7) is 3.72. The fraction of sp³-hybridized carbons (Fsp3) is 0.357. The summed E-state index contributed by atoms with van der Waals surface area (Å²) >= 11 is 0. The molecule has 0 aliphatic carbocycles. The summed E-state index contributed by atoms with van der Waals surface area (Å²) in [5.74, 6) is -0.873. The fourth-order valence-corrected chi connectivity index (χ4v) is 6.47. The van der Waals surface area contributed by atoms with Crippen LogP contribution in [0.15, 0.2) is 59.8 Å². The summed E-state index contributed by atoms with van der Waals surface area (Å²) in [6.07, 6.45) is -2.33. The van der Waals surface area contributed by atoms with Gasteiger partial charge in [-0.15, -0.1) is 0 Å². The number of amides is 1. The van der Waals surface area contributed by atoms with Gasteiger partial charge in [-0.3, -0.25) is 4.79 Å². The van der Waals surface area contributed by atoms with Crippen LogP contribution < -0.4 is 0 Å². The average molecular weight is 591 g/mol. The minimum atomic E-state index is -4.62. The van der Waals surface area contributed by atoms with Crippen molar-refractivity contribution in [3.63, 3.8) is 0 Å². The zero-order chi connectivity index (χ0) is 29.9. The van der Waals surface area contributed by atoms with E-state index in [1.807, 2.05) is 0 Å². The molecule has 1 aliphatic rings. The molecule has 41 heavy (non-hydrogen) atoms. The molecule has 1 aromatic heterocycles. The number of carbonyl (C=O) groups excluding carboxylic acids is 2. The van der Waals surface area contributed by atoms with Gasteiger partial charge in [0, 0.05) is 25.7 Å². The number of aromatic nitrogens is 2. The molecular formula is C28H29F3N4O5S. The molecule has 1 aliphatic heterocycles. The quantitative estimate of drug-likeness (QED) is 0.376. The Morgan fingerprint density at radius 1 is 1.02 bits per heavy atom. The van der Waals surface area contributed by atoms with Crippen LogP contribution in [-0.2, 0) is 27.5 Å². The van der Waals surface area contributed by atoms with Gasteiger partial charge in [0.1, 0.15) is 6.33 Å². The van der Waals surface area contributed by atoms with Gasteiger partial charge in [0.05, 0.1) is 40.1 Å². The van der Waals surface area contributed by atoms with E-state index in [1.54, 1.807) is 30.9 Å². The minimum absolute atomic E-state index is 0.0622. The van der Waals surface area contributed by atoms with Crippen molar-refractivity contribution >= 4 is 21.9 Å². The summed E-state index contributed by atoms with van der Waals surface area (Å²) in [6, 6.07) is 8.83. The molecule has 0 spiro atoms. The number of nitrogens with zero attached hydrogens (tertiary/aromatic N) is 4. The van der Waals surface area contributed by atoms with Crippen molar-refractivity contribution < 1.29 is 35.9 Å². The number of ether oxygens (including phenoxy) is 1. The predicted octanol–water partition coefficient (Wildman–Crippen LogP) is 4.39. The second-order valence-electron chi connectivity index (χ2n) is 9.73. The lowest BCUT2D eigenvalue weighted by molar-refractivity contribution is -0.137. The number of rotatable bonds is 7. The third-order valence-corrected chi connectivity index (χ3v) is 8.95. The molecular weight excluding hydrogens is 561 g/mol. The lowest BCUT2D eigenvalue weighted by Crippen LogP contribution is -2.51. The summed E-state index contributed by atoms with van der Waals surface area (Å²) < 4.78 is 73.2. The van der Waals surface area contributed by atoms with Crippen LogP contribution in [0.3, 0.4) is 0 Å². The van der Waals surface area contributed by atoms with Gasteiger partial charge in [-0.1, -0.05) is 12.1 Å². The topological polar surface area (TPSA) is 110 Å². The Bertz CT molecular complexity index is 1510. The van der Waals surface area contributed by atoms with Gasteiger partial charge in [0.15, 0.2) is 0 Å². The van der Waals surface area contributed by atoms with E-state index in [-0.39, 0.29) is 29.5 Å². The Labute approximate surface area is 236 Å². The standard InChI is InChI=1S/C28H29F3N4O5S/c1-18-25(19(2)33-17-32-18)26(36)34-14-4-5-23(16-34)35(15-20-6-8-21(9-7-20)27(37)40-3)41(38,39)24-12-10-22(11-13-24)28(29,30)31/h6-13,17,23H,4-5,14-16H2,1-3H3. The van der Waals surface area contributed by atoms with Crippen LogP contribution in [-0.4, -0.2) is 65.7 Å². The Hall–Kier alpha value is -3.84. The molecule has 0 radical (unpaired) electrons. The van der Waals surface area contributed by atoms with E-state index in [1.165, 1.54) is 29.9 Å². The van der Waals surface area contributed by atoms with Crippen LogP contribution in [0.4, 0.5) is 13.2 Å². The van der Waals surface area contributed by atoms with Crippen LogP contribution in [0.5, 0.6) is 0 Å². The van der Waals surface area contributed by atoms with Crippen molar-refractivity contribution in [3.05, 3.63) is 88.5 Å². The second-order valence-corrected chi connectivity index (χ2v) is 11.6. The first kappa shape index (κ1) is 30.1. The molecule has 4 rings (SSSR count). The Morgan fingerprint density at radius 2 is 1.63 bits per heavy atom. The van der Waals surface area contributed by atoms with Gasteiger partial charge in [0.2, 0.25) is 10.0 Å². The Morgan fingerprint density at radius 3 is 2.20 bits per heavy atom. The Kier molecular flexibility index (Phi) is 8.78. The van der Waals surface area contributed by atoms with Crippen LogP contribution in [0.1, 0.15) is 56.1 Å². The molecule has 2 heterocycles. The molecule has 2 aromatic carbocycles. The number of benzene rings is 2. The fourth-order valence-electron chi connectivity index (χ4n) is 4.84. The van der Waals surface area contributed by atoms with Gasteiger partial charge in [0.25, 0.3) is 5.91 Å². The van der Waals surface area contributed by atoms with Crippen molar-refractivity contribution in [3.8, 4) is 0 Å². The number of hydrogen-bond donors (Lipinski definition) is 0. The minimum Gasteiger partial charge on any atom is -0.465 e. The molecule has 1 atom stereocenters. The number of likely N-dealkylation sites (tertiary alicyclic amines) is 1. The molecule has 9 nitrogen and oxygen atoms in total. The number of esters is 1. The highest BCUT2D eigenvalue weighted by molar-refractivity contribution is 7.89. The molecule has 1 saturated heterocycles. The van der Waals surface area contributed by atoms with Crippen LogP contribution in [0.2, 0.25) is 0 Å². The van der Waals surface area contributed by atoms with Gasteiger partial charge >= 0.3 is 12.1 Å². The van der Waals surface area contributed by atoms with Crippen LogP contribution in [0.25, 0.3) is 0 Å². The van der Waals surface area contributed by atoms with E-state index in [0.29, 0.717) is 41.9 Å². The number of carbonyl (C=O) groups is 2. The van der Waals surface area contributed by atoms with Crippen molar-refractivity contribution in [1.82, 2.24) is 19.2 Å². The summed E-state index contributed by atoms with van der Waals surface area (Å²) in [5, 5.41) is 0. The normalized spacial score (nSPS) is 16.1. The number of methoxy groups -OCH3 is 1. The first-order chi connectivity index (χ1) is 19.3. The maximum atomic E-state index is 13.9. The molecule has 3 aromatic rings. The first-order valence-corrected chi connectivity index (χ1v) is 14.2. The number of aryl methyl sites for hydroxylation is 2. The van der Waals surface area contributed by atoms with E-state index >= 15 is 0 Å². The van der Waals surface area contributed by atoms with Gasteiger partial charge in [-0.25, -0.2) is 23.2 Å². The Balaban J connectivity index is 1.69. The lowest BCUT2D eigenvalue weighted by atomic mass is 10.0. The molecule has 1 amide bonds. The average Bonchev–Trinajstić information content (AvgIpc) is 2.95. The van der Waals surface area contributed by atoms with E-state index in [9.17, 15) is 31.2 Å². The third kappa shape index (κ3) is 6.57. The maximum absolute atomic E-state index is 13.9. The molecule has 0 N–H and O–H groups in total. The van der Waals surface area contributed by atoms with Crippen molar-refractivity contribution in [1.29, 1.82) is 0 Å². The lowest BCUT2D eigenvalue weighted by Gasteiger charge is -2.39. The summed E-state index contributed by atoms with van der Waals surface area (Å²) in [7, 11) is -3.07. The summed E-state index contributed by atoms with van der Waals surface area (Å²) in [5.41, 5.74) is 1.21. The van der Waals surface area contributed by atoms with Gasteiger partial charge in [-0.2, -0.15) is 17.5 Å². The molecule has 0 saturated carbocycles. The third-order valence-electron chi connectivity index (χ3n) is 7.03. The van der Waals surface area contributed by atoms with Gasteiger partial charge < -0.3 is 9.64 Å². The van der Waals surface area contributed by atoms with Crippen molar-refractivity contribution in [2.24, 2.45) is 0 Å².